The molecule has 0 saturated carbocycles. The Bertz CT molecular complexity index is 1100. The van der Waals surface area contributed by atoms with Crippen LogP contribution in [0.15, 0.2) is 54.7 Å². The Kier molecular flexibility index (Phi) is 1.86. The van der Waals surface area contributed by atoms with Crippen molar-refractivity contribution in [1.82, 2.24) is 9.97 Å². The van der Waals surface area contributed by atoms with Crippen LogP contribution in [0.4, 0.5) is 0 Å². The number of thiophene rings is 1. The van der Waals surface area contributed by atoms with E-state index in [1.165, 1.54) is 37.3 Å². The molecule has 0 aliphatic rings. The first-order chi connectivity index (χ1) is 9.92. The summed E-state index contributed by atoms with van der Waals surface area (Å²) >= 11 is 1.76. The second-order valence-corrected chi connectivity index (χ2v) is 6.03. The summed E-state index contributed by atoms with van der Waals surface area (Å²) < 4.78 is 1.29. The van der Waals surface area contributed by atoms with E-state index in [9.17, 15) is 0 Å². The van der Waals surface area contributed by atoms with E-state index in [1.807, 2.05) is 6.20 Å². The predicted octanol–water partition coefficient (Wildman–Crippen LogP) is 5.08. The molecule has 20 heavy (non-hydrogen) atoms. The summed E-state index contributed by atoms with van der Waals surface area (Å²) in [7, 11) is 0. The average Bonchev–Trinajstić information content (AvgIpc) is 3.04. The molecular formula is C17H10N2S. The van der Waals surface area contributed by atoms with Gasteiger partial charge in [0.25, 0.3) is 0 Å². The zero-order valence-electron chi connectivity index (χ0n) is 10.6. The molecule has 0 aliphatic heterocycles. The summed E-state index contributed by atoms with van der Waals surface area (Å²) in [4.78, 5) is 9.34. The van der Waals surface area contributed by atoms with Crippen molar-refractivity contribution < 1.29 is 0 Å². The summed E-state index contributed by atoms with van der Waals surface area (Å²) in [5.41, 5.74) is 2.38. The minimum atomic E-state index is 1.10. The number of aromatic amines is 1. The molecule has 3 aromatic heterocycles. The largest absolute Gasteiger partial charge is 0.354 e. The van der Waals surface area contributed by atoms with Crippen LogP contribution in [-0.2, 0) is 0 Å². The lowest BCUT2D eigenvalue weighted by Gasteiger charge is -1.94. The van der Waals surface area contributed by atoms with Gasteiger partial charge in [-0.2, -0.15) is 0 Å². The SMILES string of the molecule is c1ccc2c(c1)[nH]c1c2cnc2sc3ccccc3c21. The highest BCUT2D eigenvalue weighted by atomic mass is 32.1. The Labute approximate surface area is 118 Å². The normalized spacial score (nSPS) is 12.0. The van der Waals surface area contributed by atoms with E-state index in [2.05, 4.69) is 58.5 Å². The van der Waals surface area contributed by atoms with E-state index in [4.69, 9.17) is 0 Å². The maximum Gasteiger partial charge on any atom is 0.126 e. The summed E-state index contributed by atoms with van der Waals surface area (Å²) in [5.74, 6) is 0. The van der Waals surface area contributed by atoms with Gasteiger partial charge in [-0.1, -0.05) is 36.4 Å². The van der Waals surface area contributed by atoms with Gasteiger partial charge in [-0.3, -0.25) is 0 Å². The molecule has 3 heteroatoms. The van der Waals surface area contributed by atoms with Crippen molar-refractivity contribution in [2.45, 2.75) is 0 Å². The van der Waals surface area contributed by atoms with Gasteiger partial charge >= 0.3 is 0 Å². The Morgan fingerprint density at radius 2 is 1.65 bits per heavy atom. The minimum absolute atomic E-state index is 1.10. The first-order valence-electron chi connectivity index (χ1n) is 6.58. The Morgan fingerprint density at radius 3 is 2.60 bits per heavy atom. The number of rotatable bonds is 0. The first kappa shape index (κ1) is 10.4. The van der Waals surface area contributed by atoms with Gasteiger partial charge < -0.3 is 4.98 Å². The Morgan fingerprint density at radius 1 is 0.850 bits per heavy atom. The number of aromatic nitrogens is 2. The van der Waals surface area contributed by atoms with Crippen LogP contribution in [0, 0.1) is 0 Å². The maximum absolute atomic E-state index is 4.67. The van der Waals surface area contributed by atoms with Crippen LogP contribution in [0.2, 0.25) is 0 Å². The van der Waals surface area contributed by atoms with Gasteiger partial charge in [0, 0.05) is 38.0 Å². The van der Waals surface area contributed by atoms with Crippen molar-refractivity contribution >= 4 is 53.4 Å². The molecule has 0 bridgehead atoms. The van der Waals surface area contributed by atoms with Gasteiger partial charge in [0.1, 0.15) is 4.83 Å². The predicted molar refractivity (Wildman–Crippen MR) is 86.5 cm³/mol. The number of pyridine rings is 1. The maximum atomic E-state index is 4.67. The third-order valence-electron chi connectivity index (χ3n) is 3.88. The van der Waals surface area contributed by atoms with E-state index in [1.54, 1.807) is 11.3 Å². The molecule has 2 aromatic carbocycles. The quantitative estimate of drug-likeness (QED) is 0.419. The number of fused-ring (bicyclic) bond motifs is 7. The van der Waals surface area contributed by atoms with Crippen LogP contribution in [0.5, 0.6) is 0 Å². The minimum Gasteiger partial charge on any atom is -0.354 e. The number of hydrogen-bond acceptors (Lipinski definition) is 2. The van der Waals surface area contributed by atoms with Gasteiger partial charge in [-0.25, -0.2) is 4.98 Å². The van der Waals surface area contributed by atoms with Crippen molar-refractivity contribution in [3.05, 3.63) is 54.7 Å². The molecule has 1 N–H and O–H groups in total. The lowest BCUT2D eigenvalue weighted by molar-refractivity contribution is 1.48. The lowest BCUT2D eigenvalue weighted by atomic mass is 10.1. The third-order valence-corrected chi connectivity index (χ3v) is 4.96. The molecule has 94 valence electrons. The van der Waals surface area contributed by atoms with Crippen LogP contribution in [0.1, 0.15) is 0 Å². The van der Waals surface area contributed by atoms with Crippen LogP contribution in [-0.4, -0.2) is 9.97 Å². The smallest absolute Gasteiger partial charge is 0.126 e. The van der Waals surface area contributed by atoms with Gasteiger partial charge in [-0.15, -0.1) is 11.3 Å². The van der Waals surface area contributed by atoms with Crippen molar-refractivity contribution in [2.75, 3.05) is 0 Å². The van der Waals surface area contributed by atoms with Crippen molar-refractivity contribution in [3.63, 3.8) is 0 Å². The second-order valence-electron chi connectivity index (χ2n) is 5.00. The van der Waals surface area contributed by atoms with E-state index in [0.717, 1.165) is 4.83 Å². The fourth-order valence-electron chi connectivity index (χ4n) is 2.98. The topological polar surface area (TPSA) is 28.7 Å². The second kappa shape index (κ2) is 3.58. The van der Waals surface area contributed by atoms with Gasteiger partial charge in [0.05, 0.1) is 5.52 Å². The third kappa shape index (κ3) is 1.20. The highest BCUT2D eigenvalue weighted by molar-refractivity contribution is 7.25. The Balaban J connectivity index is 2.14. The number of hydrogen-bond donors (Lipinski definition) is 1. The monoisotopic (exact) mass is 274 g/mol. The highest BCUT2D eigenvalue weighted by Crippen LogP contribution is 2.38. The number of H-pyrrole nitrogens is 1. The van der Waals surface area contributed by atoms with Gasteiger partial charge in [0.15, 0.2) is 0 Å². The summed E-state index contributed by atoms with van der Waals surface area (Å²) in [6.45, 7) is 0. The van der Waals surface area contributed by atoms with E-state index < -0.39 is 0 Å². The summed E-state index contributed by atoms with van der Waals surface area (Å²) in [5, 5.41) is 4.99. The van der Waals surface area contributed by atoms with Crippen LogP contribution < -0.4 is 0 Å². The van der Waals surface area contributed by atoms with E-state index in [0.29, 0.717) is 0 Å². The number of nitrogens with zero attached hydrogens (tertiary/aromatic N) is 1. The van der Waals surface area contributed by atoms with Crippen LogP contribution in [0.25, 0.3) is 42.1 Å². The van der Waals surface area contributed by atoms with E-state index in [-0.39, 0.29) is 0 Å². The molecule has 0 saturated heterocycles. The zero-order valence-corrected chi connectivity index (χ0v) is 11.4. The molecule has 0 spiro atoms. The molecule has 0 amide bonds. The summed E-state index contributed by atoms with van der Waals surface area (Å²) in [6, 6.07) is 16.9. The van der Waals surface area contributed by atoms with Gasteiger partial charge in [-0.05, 0) is 12.1 Å². The molecule has 0 atom stereocenters. The van der Waals surface area contributed by atoms with Crippen LogP contribution in [0.3, 0.4) is 0 Å². The standard InChI is InChI=1S/C17H10N2S/c1-3-7-13-10(5-1)12-9-18-17-15(16(12)19-13)11-6-2-4-8-14(11)20-17/h1-9,19H. The van der Waals surface area contributed by atoms with Gasteiger partial charge in [0.2, 0.25) is 0 Å². The molecular weight excluding hydrogens is 264 g/mol. The molecule has 0 radical (unpaired) electrons. The first-order valence-corrected chi connectivity index (χ1v) is 7.40. The summed E-state index contributed by atoms with van der Waals surface area (Å²) in [6.07, 6.45) is 1.99. The molecule has 5 rings (SSSR count). The molecule has 2 nitrogen and oxygen atoms in total. The van der Waals surface area contributed by atoms with Crippen molar-refractivity contribution in [1.29, 1.82) is 0 Å². The fraction of sp³-hybridized carbons (Fsp3) is 0. The Hall–Kier alpha value is -2.39. The molecule has 3 heterocycles. The molecule has 5 aromatic rings. The fourth-order valence-corrected chi connectivity index (χ4v) is 4.04. The lowest BCUT2D eigenvalue weighted by Crippen LogP contribution is -1.75. The number of benzene rings is 2. The molecule has 0 aliphatic carbocycles. The van der Waals surface area contributed by atoms with E-state index >= 15 is 0 Å². The highest BCUT2D eigenvalue weighted by Gasteiger charge is 2.12. The molecule has 0 fully saturated rings. The van der Waals surface area contributed by atoms with Crippen molar-refractivity contribution in [3.8, 4) is 0 Å². The van der Waals surface area contributed by atoms with Crippen LogP contribution >= 0.6 is 11.3 Å². The average molecular weight is 274 g/mol. The number of nitrogens with one attached hydrogen (secondary N) is 1. The zero-order chi connectivity index (χ0) is 13.1. The number of para-hydroxylation sites is 1. The molecule has 0 unspecified atom stereocenters. The van der Waals surface area contributed by atoms with Crippen molar-refractivity contribution in [2.24, 2.45) is 0 Å².